The first-order valence-electron chi connectivity index (χ1n) is 7.22. The van der Waals surface area contributed by atoms with Crippen molar-refractivity contribution in [3.05, 3.63) is 34.7 Å². The molecule has 3 heterocycles. The number of carbonyl (C=O) groups is 1. The van der Waals surface area contributed by atoms with E-state index in [9.17, 15) is 4.79 Å². The zero-order chi connectivity index (χ0) is 15.1. The van der Waals surface area contributed by atoms with Gasteiger partial charge in [-0.1, -0.05) is 29.8 Å². The number of rotatable bonds is 2. The highest BCUT2D eigenvalue weighted by atomic mass is 35.5. The summed E-state index contributed by atoms with van der Waals surface area (Å²) in [4.78, 5) is 20.6. The fourth-order valence-corrected chi connectivity index (χ4v) is 4.08. The Labute approximate surface area is 137 Å². The highest BCUT2D eigenvalue weighted by Crippen LogP contribution is 2.32. The van der Waals surface area contributed by atoms with Gasteiger partial charge in [-0.25, -0.2) is 9.78 Å². The fourth-order valence-electron chi connectivity index (χ4n) is 2.98. The average Bonchev–Trinajstić information content (AvgIpc) is 3.15. The van der Waals surface area contributed by atoms with Crippen LogP contribution in [0.3, 0.4) is 0 Å². The molecule has 0 radical (unpaired) electrons. The second-order valence-corrected chi connectivity index (χ2v) is 6.72. The van der Waals surface area contributed by atoms with Crippen molar-refractivity contribution >= 4 is 34.1 Å². The van der Waals surface area contributed by atoms with Gasteiger partial charge in [0, 0.05) is 42.1 Å². The first-order valence-corrected chi connectivity index (χ1v) is 8.48. The number of nitrogens with one attached hydrogen (secondary N) is 1. The summed E-state index contributed by atoms with van der Waals surface area (Å²) in [6.07, 6.45) is 0. The molecular weight excluding hydrogens is 320 g/mol. The Kier molecular flexibility index (Phi) is 3.43. The molecule has 0 bridgehead atoms. The second kappa shape index (κ2) is 5.44. The number of piperazine rings is 1. The first kappa shape index (κ1) is 13.8. The Bertz CT molecular complexity index is 719. The van der Waals surface area contributed by atoms with Gasteiger partial charge in [0.15, 0.2) is 5.13 Å². The molecule has 2 aliphatic heterocycles. The molecule has 2 amide bonds. The van der Waals surface area contributed by atoms with E-state index < -0.39 is 0 Å². The van der Waals surface area contributed by atoms with Crippen molar-refractivity contribution in [2.45, 2.75) is 6.04 Å². The van der Waals surface area contributed by atoms with Crippen LogP contribution in [0.2, 0.25) is 5.02 Å². The molecule has 5 nitrogen and oxygen atoms in total. The molecule has 22 heavy (non-hydrogen) atoms. The Morgan fingerprint density at radius 2 is 2.18 bits per heavy atom. The molecule has 7 heteroatoms. The standard InChI is InChI=1S/C15H15ClN4OS/c16-12-4-2-1-3-11(12)13-9-22-15(18-13)19-5-6-20-10(8-19)7-17-14(20)21/h1-4,9-10H,5-8H2,(H,17,21). The van der Waals surface area contributed by atoms with Crippen LogP contribution in [0.25, 0.3) is 11.3 Å². The third-order valence-electron chi connectivity index (χ3n) is 4.14. The molecule has 4 rings (SSSR count). The SMILES string of the molecule is O=C1NCC2CN(c3nc(-c4ccccc4Cl)cs3)CCN12. The van der Waals surface area contributed by atoms with E-state index in [1.165, 1.54) is 0 Å². The molecule has 1 aromatic carbocycles. The molecule has 1 unspecified atom stereocenters. The van der Waals surface area contributed by atoms with Crippen LogP contribution < -0.4 is 10.2 Å². The number of nitrogens with zero attached hydrogens (tertiary/aromatic N) is 3. The van der Waals surface area contributed by atoms with E-state index in [0.29, 0.717) is 0 Å². The van der Waals surface area contributed by atoms with Crippen LogP contribution in [0.5, 0.6) is 0 Å². The minimum Gasteiger partial charge on any atom is -0.344 e. The van der Waals surface area contributed by atoms with Crippen molar-refractivity contribution in [3.63, 3.8) is 0 Å². The number of halogens is 1. The Morgan fingerprint density at radius 1 is 1.32 bits per heavy atom. The zero-order valence-electron chi connectivity index (χ0n) is 11.8. The lowest BCUT2D eigenvalue weighted by Gasteiger charge is -2.36. The molecule has 1 aromatic heterocycles. The van der Waals surface area contributed by atoms with Gasteiger partial charge in [-0.2, -0.15) is 0 Å². The van der Waals surface area contributed by atoms with E-state index in [0.717, 1.165) is 47.6 Å². The molecule has 0 saturated carbocycles. The monoisotopic (exact) mass is 334 g/mol. The summed E-state index contributed by atoms with van der Waals surface area (Å²) in [6, 6.07) is 8.05. The van der Waals surface area contributed by atoms with Gasteiger partial charge in [-0.3, -0.25) is 0 Å². The van der Waals surface area contributed by atoms with Crippen molar-refractivity contribution in [3.8, 4) is 11.3 Å². The summed E-state index contributed by atoms with van der Waals surface area (Å²) in [6.45, 7) is 3.11. The zero-order valence-corrected chi connectivity index (χ0v) is 13.4. The minimum atomic E-state index is 0.0561. The van der Waals surface area contributed by atoms with Gasteiger partial charge in [0.25, 0.3) is 0 Å². The second-order valence-electron chi connectivity index (χ2n) is 5.47. The summed E-state index contributed by atoms with van der Waals surface area (Å²) in [5, 5.41) is 6.65. The Balaban J connectivity index is 1.55. The number of carbonyl (C=O) groups excluding carboxylic acids is 1. The van der Waals surface area contributed by atoms with Gasteiger partial charge < -0.3 is 15.1 Å². The van der Waals surface area contributed by atoms with Crippen LogP contribution in [0.15, 0.2) is 29.6 Å². The number of hydrogen-bond donors (Lipinski definition) is 1. The smallest absolute Gasteiger partial charge is 0.317 e. The normalized spacial score (nSPS) is 21.0. The lowest BCUT2D eigenvalue weighted by molar-refractivity contribution is 0.197. The van der Waals surface area contributed by atoms with Gasteiger partial charge in [0.2, 0.25) is 0 Å². The summed E-state index contributed by atoms with van der Waals surface area (Å²) < 4.78 is 0. The fraction of sp³-hybridized carbons (Fsp3) is 0.333. The van der Waals surface area contributed by atoms with Gasteiger partial charge in [-0.15, -0.1) is 11.3 Å². The van der Waals surface area contributed by atoms with Crippen LogP contribution in [0, 0.1) is 0 Å². The van der Waals surface area contributed by atoms with E-state index >= 15 is 0 Å². The molecular formula is C15H15ClN4OS. The number of aromatic nitrogens is 1. The van der Waals surface area contributed by atoms with Crippen molar-refractivity contribution in [1.29, 1.82) is 0 Å². The summed E-state index contributed by atoms with van der Waals surface area (Å²) >= 11 is 7.87. The number of hydrogen-bond acceptors (Lipinski definition) is 4. The summed E-state index contributed by atoms with van der Waals surface area (Å²) in [5.74, 6) is 0. The maximum Gasteiger partial charge on any atom is 0.317 e. The highest BCUT2D eigenvalue weighted by Gasteiger charge is 2.36. The van der Waals surface area contributed by atoms with Gasteiger partial charge >= 0.3 is 6.03 Å². The van der Waals surface area contributed by atoms with E-state index in [-0.39, 0.29) is 12.1 Å². The van der Waals surface area contributed by atoms with Crippen molar-refractivity contribution in [2.75, 3.05) is 31.1 Å². The first-order chi connectivity index (χ1) is 10.7. The largest absolute Gasteiger partial charge is 0.344 e. The lowest BCUT2D eigenvalue weighted by atomic mass is 10.2. The van der Waals surface area contributed by atoms with Crippen LogP contribution in [-0.2, 0) is 0 Å². The number of fused-ring (bicyclic) bond motifs is 1. The molecule has 2 fully saturated rings. The molecule has 2 aliphatic rings. The Morgan fingerprint density at radius 3 is 3.05 bits per heavy atom. The lowest BCUT2D eigenvalue weighted by Crippen LogP contribution is -2.52. The summed E-state index contributed by atoms with van der Waals surface area (Å²) in [7, 11) is 0. The van der Waals surface area contributed by atoms with Crippen molar-refractivity contribution in [2.24, 2.45) is 0 Å². The molecule has 114 valence electrons. The highest BCUT2D eigenvalue weighted by molar-refractivity contribution is 7.14. The maximum atomic E-state index is 11.6. The van der Waals surface area contributed by atoms with E-state index in [2.05, 4.69) is 10.2 Å². The molecule has 0 spiro atoms. The van der Waals surface area contributed by atoms with E-state index in [4.69, 9.17) is 16.6 Å². The quantitative estimate of drug-likeness (QED) is 0.918. The number of thiazole rings is 1. The summed E-state index contributed by atoms with van der Waals surface area (Å²) in [5.41, 5.74) is 1.87. The minimum absolute atomic E-state index is 0.0561. The number of urea groups is 1. The number of anilines is 1. The Hall–Kier alpha value is -1.79. The van der Waals surface area contributed by atoms with E-state index in [1.54, 1.807) is 11.3 Å². The third-order valence-corrected chi connectivity index (χ3v) is 5.38. The van der Waals surface area contributed by atoms with Crippen LogP contribution in [0.4, 0.5) is 9.93 Å². The van der Waals surface area contributed by atoms with Gasteiger partial charge in [0.1, 0.15) is 0 Å². The topological polar surface area (TPSA) is 48.5 Å². The van der Waals surface area contributed by atoms with E-state index in [1.807, 2.05) is 34.5 Å². The van der Waals surface area contributed by atoms with Crippen LogP contribution >= 0.6 is 22.9 Å². The molecule has 2 aromatic rings. The third kappa shape index (κ3) is 2.32. The van der Waals surface area contributed by atoms with Gasteiger partial charge in [-0.05, 0) is 6.07 Å². The van der Waals surface area contributed by atoms with Gasteiger partial charge in [0.05, 0.1) is 11.7 Å². The molecule has 2 saturated heterocycles. The van der Waals surface area contributed by atoms with Crippen LogP contribution in [-0.4, -0.2) is 48.1 Å². The average molecular weight is 335 g/mol. The molecule has 1 atom stereocenters. The van der Waals surface area contributed by atoms with Crippen LogP contribution in [0.1, 0.15) is 0 Å². The molecule has 1 N–H and O–H groups in total. The predicted octanol–water partition coefficient (Wildman–Crippen LogP) is 2.68. The molecule has 0 aliphatic carbocycles. The predicted molar refractivity (Wildman–Crippen MR) is 88.7 cm³/mol. The number of amides is 2. The van der Waals surface area contributed by atoms with Crippen molar-refractivity contribution < 1.29 is 4.79 Å². The maximum absolute atomic E-state index is 11.6. The van der Waals surface area contributed by atoms with Crippen molar-refractivity contribution in [1.82, 2.24) is 15.2 Å². The number of benzene rings is 1.